The molecule has 116 valence electrons. The number of nitro benzene ring substituents is 1. The summed E-state index contributed by atoms with van der Waals surface area (Å²) in [7, 11) is 1.61. The van der Waals surface area contributed by atoms with Crippen molar-refractivity contribution in [1.82, 2.24) is 0 Å². The number of hydrogen-bond acceptors (Lipinski definition) is 5. The van der Waals surface area contributed by atoms with Crippen molar-refractivity contribution >= 4 is 11.4 Å². The van der Waals surface area contributed by atoms with Crippen LogP contribution in [0.5, 0.6) is 5.75 Å². The molecule has 0 fully saturated rings. The highest BCUT2D eigenvalue weighted by Gasteiger charge is 2.09. The highest BCUT2D eigenvalue weighted by molar-refractivity contribution is 5.50. The topological polar surface area (TPSA) is 75.8 Å². The molecule has 2 rings (SSSR count). The summed E-state index contributed by atoms with van der Waals surface area (Å²) in [6.45, 7) is 1.06. The van der Waals surface area contributed by atoms with Crippen LogP contribution in [0.3, 0.4) is 0 Å². The molecule has 0 saturated heterocycles. The molecule has 2 aromatic rings. The second-order valence-corrected chi connectivity index (χ2v) is 4.77. The third-order valence-electron chi connectivity index (χ3n) is 3.33. The van der Waals surface area contributed by atoms with E-state index >= 15 is 0 Å². The quantitative estimate of drug-likeness (QED) is 0.628. The molecule has 2 aromatic carbocycles. The van der Waals surface area contributed by atoms with Gasteiger partial charge in [-0.2, -0.15) is 0 Å². The summed E-state index contributed by atoms with van der Waals surface area (Å²) < 4.78 is 5.13. The van der Waals surface area contributed by atoms with Crippen LogP contribution in [-0.2, 0) is 6.54 Å². The molecule has 0 unspecified atom stereocenters. The van der Waals surface area contributed by atoms with Gasteiger partial charge in [-0.05, 0) is 29.8 Å². The van der Waals surface area contributed by atoms with Crippen LogP contribution in [0.1, 0.15) is 5.56 Å². The summed E-state index contributed by atoms with van der Waals surface area (Å²) in [6, 6.07) is 14.0. The Labute approximate surface area is 128 Å². The van der Waals surface area contributed by atoms with Gasteiger partial charge < -0.3 is 14.7 Å². The van der Waals surface area contributed by atoms with Gasteiger partial charge in [0.1, 0.15) is 5.75 Å². The molecule has 0 aliphatic carbocycles. The Morgan fingerprint density at radius 3 is 2.27 bits per heavy atom. The maximum atomic E-state index is 10.7. The van der Waals surface area contributed by atoms with E-state index in [1.165, 1.54) is 12.1 Å². The minimum absolute atomic E-state index is 0.0268. The number of nitrogens with zero attached hydrogens (tertiary/aromatic N) is 2. The Morgan fingerprint density at radius 2 is 1.77 bits per heavy atom. The summed E-state index contributed by atoms with van der Waals surface area (Å²) >= 11 is 0. The molecule has 0 aliphatic rings. The molecule has 6 nitrogen and oxygen atoms in total. The first-order valence-corrected chi connectivity index (χ1v) is 6.87. The fourth-order valence-corrected chi connectivity index (χ4v) is 2.16. The lowest BCUT2D eigenvalue weighted by molar-refractivity contribution is -0.384. The van der Waals surface area contributed by atoms with Crippen LogP contribution < -0.4 is 9.64 Å². The predicted octanol–water partition coefficient (Wildman–Crippen LogP) is 2.60. The highest BCUT2D eigenvalue weighted by Crippen LogP contribution is 2.21. The fourth-order valence-electron chi connectivity index (χ4n) is 2.16. The summed E-state index contributed by atoms with van der Waals surface area (Å²) in [5.74, 6) is 0.767. The molecule has 0 saturated carbocycles. The van der Waals surface area contributed by atoms with Gasteiger partial charge in [-0.1, -0.05) is 12.1 Å². The number of aliphatic hydroxyl groups excluding tert-OH is 1. The van der Waals surface area contributed by atoms with E-state index in [0.717, 1.165) is 17.0 Å². The number of ether oxygens (including phenoxy) is 1. The van der Waals surface area contributed by atoms with E-state index in [1.54, 1.807) is 19.2 Å². The molecule has 0 spiro atoms. The van der Waals surface area contributed by atoms with Crippen LogP contribution in [0, 0.1) is 10.1 Å². The summed E-state index contributed by atoms with van der Waals surface area (Å²) in [5.41, 5.74) is 1.96. The minimum atomic E-state index is -0.418. The van der Waals surface area contributed by atoms with E-state index in [-0.39, 0.29) is 12.3 Å². The van der Waals surface area contributed by atoms with Crippen LogP contribution in [0.4, 0.5) is 11.4 Å². The fraction of sp³-hybridized carbons (Fsp3) is 0.250. The molecule has 0 aliphatic heterocycles. The van der Waals surface area contributed by atoms with Gasteiger partial charge in [0.25, 0.3) is 5.69 Å². The smallest absolute Gasteiger partial charge is 0.269 e. The number of non-ortho nitro benzene ring substituents is 1. The molecular weight excluding hydrogens is 284 g/mol. The predicted molar refractivity (Wildman–Crippen MR) is 84.2 cm³/mol. The molecule has 6 heteroatoms. The van der Waals surface area contributed by atoms with Crippen LogP contribution >= 0.6 is 0 Å². The standard InChI is InChI=1S/C16H18N2O4/c1-22-16-8-6-14(7-9-16)17(10-11-19)12-13-2-4-15(5-3-13)18(20)21/h2-9,19H,10-12H2,1H3. The SMILES string of the molecule is COc1ccc(N(CCO)Cc2ccc([N+](=O)[O-])cc2)cc1. The number of benzene rings is 2. The van der Waals surface area contributed by atoms with E-state index in [4.69, 9.17) is 4.74 Å². The number of anilines is 1. The van der Waals surface area contributed by atoms with Crippen molar-refractivity contribution in [2.45, 2.75) is 6.54 Å². The largest absolute Gasteiger partial charge is 0.497 e. The first-order chi connectivity index (χ1) is 10.6. The van der Waals surface area contributed by atoms with Gasteiger partial charge in [-0.25, -0.2) is 0 Å². The van der Waals surface area contributed by atoms with E-state index in [2.05, 4.69) is 0 Å². The lowest BCUT2D eigenvalue weighted by atomic mass is 10.1. The van der Waals surface area contributed by atoms with Crippen molar-refractivity contribution in [3.05, 3.63) is 64.2 Å². The Kier molecular flexibility index (Phi) is 5.32. The van der Waals surface area contributed by atoms with Crippen molar-refractivity contribution in [3.8, 4) is 5.75 Å². The molecular formula is C16H18N2O4. The zero-order valence-electron chi connectivity index (χ0n) is 12.3. The third-order valence-corrected chi connectivity index (χ3v) is 3.33. The number of hydrogen-bond donors (Lipinski definition) is 1. The molecule has 0 bridgehead atoms. The van der Waals surface area contributed by atoms with Gasteiger partial charge in [0.05, 0.1) is 18.6 Å². The van der Waals surface area contributed by atoms with Gasteiger partial charge in [0.2, 0.25) is 0 Å². The average molecular weight is 302 g/mol. The normalized spacial score (nSPS) is 10.3. The molecule has 0 radical (unpaired) electrons. The van der Waals surface area contributed by atoms with Gasteiger partial charge in [-0.3, -0.25) is 10.1 Å². The van der Waals surface area contributed by atoms with E-state index in [9.17, 15) is 15.2 Å². The van der Waals surface area contributed by atoms with Crippen molar-refractivity contribution in [2.24, 2.45) is 0 Å². The lowest BCUT2D eigenvalue weighted by Crippen LogP contribution is -2.26. The molecule has 0 aromatic heterocycles. The van der Waals surface area contributed by atoms with Crippen LogP contribution in [0.2, 0.25) is 0 Å². The number of aliphatic hydroxyl groups is 1. The summed E-state index contributed by atoms with van der Waals surface area (Å²) in [4.78, 5) is 12.3. The lowest BCUT2D eigenvalue weighted by Gasteiger charge is -2.24. The molecule has 1 N–H and O–H groups in total. The Hall–Kier alpha value is -2.60. The van der Waals surface area contributed by atoms with Gasteiger partial charge in [0.15, 0.2) is 0 Å². The third kappa shape index (κ3) is 3.95. The zero-order chi connectivity index (χ0) is 15.9. The monoisotopic (exact) mass is 302 g/mol. The second-order valence-electron chi connectivity index (χ2n) is 4.77. The molecule has 22 heavy (non-hydrogen) atoms. The van der Waals surface area contributed by atoms with Crippen LogP contribution in [0.25, 0.3) is 0 Å². The number of nitro groups is 1. The first kappa shape index (κ1) is 15.8. The van der Waals surface area contributed by atoms with Crippen LogP contribution in [-0.4, -0.2) is 30.3 Å². The summed E-state index contributed by atoms with van der Waals surface area (Å²) in [6.07, 6.45) is 0. The maximum Gasteiger partial charge on any atom is 0.269 e. The van der Waals surface area contributed by atoms with Crippen molar-refractivity contribution < 1.29 is 14.8 Å². The van der Waals surface area contributed by atoms with Crippen molar-refractivity contribution in [2.75, 3.05) is 25.2 Å². The Balaban J connectivity index is 2.15. The maximum absolute atomic E-state index is 10.7. The van der Waals surface area contributed by atoms with E-state index in [1.807, 2.05) is 29.2 Å². The Morgan fingerprint density at radius 1 is 1.14 bits per heavy atom. The van der Waals surface area contributed by atoms with Crippen molar-refractivity contribution in [1.29, 1.82) is 0 Å². The molecule has 0 atom stereocenters. The first-order valence-electron chi connectivity index (χ1n) is 6.87. The molecule has 0 heterocycles. The van der Waals surface area contributed by atoms with Gasteiger partial charge in [0, 0.05) is 30.9 Å². The van der Waals surface area contributed by atoms with Gasteiger partial charge >= 0.3 is 0 Å². The van der Waals surface area contributed by atoms with Gasteiger partial charge in [-0.15, -0.1) is 0 Å². The molecule has 0 amide bonds. The Bertz CT molecular complexity index is 611. The zero-order valence-corrected chi connectivity index (χ0v) is 12.3. The number of rotatable bonds is 7. The summed E-state index contributed by atoms with van der Waals surface area (Å²) in [5, 5.41) is 19.9. The van der Waals surface area contributed by atoms with E-state index < -0.39 is 4.92 Å². The van der Waals surface area contributed by atoms with E-state index in [0.29, 0.717) is 13.1 Å². The second kappa shape index (κ2) is 7.42. The number of methoxy groups -OCH3 is 1. The average Bonchev–Trinajstić information content (AvgIpc) is 2.55. The van der Waals surface area contributed by atoms with Crippen molar-refractivity contribution in [3.63, 3.8) is 0 Å². The van der Waals surface area contributed by atoms with Crippen LogP contribution in [0.15, 0.2) is 48.5 Å². The highest BCUT2D eigenvalue weighted by atomic mass is 16.6. The minimum Gasteiger partial charge on any atom is -0.497 e.